The Hall–Kier alpha value is -0.790. The molecule has 0 aromatic heterocycles. The van der Waals surface area contributed by atoms with Gasteiger partial charge in [0.25, 0.3) is 0 Å². The zero-order chi connectivity index (χ0) is 17.5. The topological polar surface area (TPSA) is 35.5 Å². The normalized spacial score (nSPS) is 13.6. The van der Waals surface area contributed by atoms with Crippen LogP contribution in [0.3, 0.4) is 0 Å². The zero-order valence-electron chi connectivity index (χ0n) is 15.5. The quantitative estimate of drug-likeness (QED) is 0.246. The van der Waals surface area contributed by atoms with E-state index in [1.165, 1.54) is 38.5 Å². The van der Waals surface area contributed by atoms with Gasteiger partial charge in [-0.05, 0) is 25.0 Å². The molecule has 4 heteroatoms. The van der Waals surface area contributed by atoms with Crippen LogP contribution < -0.4 is 4.52 Å². The Labute approximate surface area is 148 Å². The highest BCUT2D eigenvalue weighted by Gasteiger charge is 2.25. The van der Waals surface area contributed by atoms with Gasteiger partial charge < -0.3 is 4.52 Å². The van der Waals surface area contributed by atoms with E-state index in [-0.39, 0.29) is 0 Å². The van der Waals surface area contributed by atoms with Crippen molar-refractivity contribution >= 4 is 7.60 Å². The van der Waals surface area contributed by atoms with Crippen molar-refractivity contribution in [3.05, 3.63) is 30.3 Å². The van der Waals surface area contributed by atoms with Gasteiger partial charge in [0.1, 0.15) is 5.75 Å². The van der Waals surface area contributed by atoms with Gasteiger partial charge in [0, 0.05) is 0 Å². The molecule has 0 saturated carbocycles. The zero-order valence-corrected chi connectivity index (χ0v) is 16.4. The maximum atomic E-state index is 13.0. The van der Waals surface area contributed by atoms with Gasteiger partial charge in [-0.1, -0.05) is 83.4 Å². The maximum Gasteiger partial charge on any atom is 0.379 e. The van der Waals surface area contributed by atoms with Crippen LogP contribution in [0.4, 0.5) is 0 Å². The Balaban J connectivity index is 2.40. The first kappa shape index (κ1) is 21.3. The van der Waals surface area contributed by atoms with Crippen LogP contribution in [0.2, 0.25) is 0 Å². The highest BCUT2D eigenvalue weighted by Crippen LogP contribution is 2.49. The van der Waals surface area contributed by atoms with Crippen molar-refractivity contribution in [2.24, 2.45) is 0 Å². The van der Waals surface area contributed by atoms with Crippen LogP contribution >= 0.6 is 7.60 Å². The van der Waals surface area contributed by atoms with Gasteiger partial charge in [-0.15, -0.1) is 0 Å². The van der Waals surface area contributed by atoms with Crippen LogP contribution in [0.25, 0.3) is 0 Å². The molecule has 24 heavy (non-hydrogen) atoms. The fraction of sp³-hybridized carbons (Fsp3) is 0.700. The highest BCUT2D eigenvalue weighted by molar-refractivity contribution is 7.54. The fourth-order valence-corrected chi connectivity index (χ4v) is 4.33. The lowest BCUT2D eigenvalue weighted by Gasteiger charge is -2.19. The van der Waals surface area contributed by atoms with Crippen molar-refractivity contribution < 1.29 is 13.6 Å². The molecule has 0 aliphatic rings. The predicted octanol–water partition coefficient (Wildman–Crippen LogP) is 7.22. The molecule has 1 unspecified atom stereocenters. The molecule has 0 fully saturated rings. The molecule has 0 bridgehead atoms. The molecule has 1 rings (SSSR count). The van der Waals surface area contributed by atoms with Crippen molar-refractivity contribution in [3.8, 4) is 5.75 Å². The Kier molecular flexibility index (Phi) is 12.0. The molecule has 0 N–H and O–H groups in total. The maximum absolute atomic E-state index is 13.0. The fourth-order valence-electron chi connectivity index (χ4n) is 2.60. The van der Waals surface area contributed by atoms with E-state index >= 15 is 0 Å². The predicted molar refractivity (Wildman–Crippen MR) is 103 cm³/mol. The first-order chi connectivity index (χ1) is 11.7. The highest BCUT2D eigenvalue weighted by atomic mass is 31.2. The van der Waals surface area contributed by atoms with E-state index in [1.54, 1.807) is 0 Å². The summed E-state index contributed by atoms with van der Waals surface area (Å²) in [5.74, 6) is 0.638. The summed E-state index contributed by atoms with van der Waals surface area (Å²) in [7, 11) is -3.04. The van der Waals surface area contributed by atoms with Gasteiger partial charge in [-0.3, -0.25) is 4.52 Å². The second-order valence-corrected chi connectivity index (χ2v) is 8.51. The second kappa shape index (κ2) is 13.5. The minimum atomic E-state index is -3.04. The number of hydrogen-bond donors (Lipinski definition) is 0. The summed E-state index contributed by atoms with van der Waals surface area (Å²) in [5, 5.41) is 0. The molecule has 0 aliphatic carbocycles. The molecule has 1 atom stereocenters. The van der Waals surface area contributed by atoms with E-state index in [0.29, 0.717) is 18.5 Å². The molecule has 0 saturated heterocycles. The molecule has 1 aromatic carbocycles. The van der Waals surface area contributed by atoms with E-state index in [1.807, 2.05) is 30.3 Å². The van der Waals surface area contributed by atoms with Crippen molar-refractivity contribution in [2.45, 2.75) is 78.1 Å². The minimum absolute atomic E-state index is 0.512. The third kappa shape index (κ3) is 10.2. The van der Waals surface area contributed by atoms with Crippen LogP contribution in [-0.4, -0.2) is 12.8 Å². The third-order valence-corrected chi connectivity index (χ3v) is 5.99. The van der Waals surface area contributed by atoms with Gasteiger partial charge in [0.15, 0.2) is 0 Å². The summed E-state index contributed by atoms with van der Waals surface area (Å²) in [5.41, 5.74) is 0. The van der Waals surface area contributed by atoms with Crippen LogP contribution in [-0.2, 0) is 9.09 Å². The molecular formula is C20H35O3P. The summed E-state index contributed by atoms with van der Waals surface area (Å²) in [6.45, 7) is 4.93. The lowest BCUT2D eigenvalue weighted by atomic mass is 10.1. The van der Waals surface area contributed by atoms with E-state index < -0.39 is 7.60 Å². The Morgan fingerprint density at radius 1 is 0.792 bits per heavy atom. The lowest BCUT2D eigenvalue weighted by Crippen LogP contribution is -2.04. The van der Waals surface area contributed by atoms with Crippen molar-refractivity contribution in [3.63, 3.8) is 0 Å². The molecule has 3 nitrogen and oxygen atoms in total. The van der Waals surface area contributed by atoms with E-state index in [2.05, 4.69) is 13.8 Å². The summed E-state index contributed by atoms with van der Waals surface area (Å²) >= 11 is 0. The Bertz CT molecular complexity index is 447. The second-order valence-electron chi connectivity index (χ2n) is 6.40. The van der Waals surface area contributed by atoms with Gasteiger partial charge in [0.2, 0.25) is 0 Å². The summed E-state index contributed by atoms with van der Waals surface area (Å²) < 4.78 is 24.6. The third-order valence-electron chi connectivity index (χ3n) is 4.06. The van der Waals surface area contributed by atoms with Crippen molar-refractivity contribution in [1.29, 1.82) is 0 Å². The lowest BCUT2D eigenvalue weighted by molar-refractivity contribution is 0.256. The van der Waals surface area contributed by atoms with Crippen molar-refractivity contribution in [1.82, 2.24) is 0 Å². The number of para-hydroxylation sites is 1. The van der Waals surface area contributed by atoms with Crippen LogP contribution in [0, 0.1) is 0 Å². The standard InChI is InChI=1S/C20H35O3P/c1-3-5-7-9-10-14-18-22-24(21,19-15-8-6-4-2)23-20-16-12-11-13-17-20/h11-13,16-17H,3-10,14-15,18-19H2,1-2H3. The van der Waals surface area contributed by atoms with Gasteiger partial charge in [-0.25, -0.2) is 4.57 Å². The Morgan fingerprint density at radius 3 is 2.04 bits per heavy atom. The average Bonchev–Trinajstić information content (AvgIpc) is 2.59. The largest absolute Gasteiger partial charge is 0.424 e. The SMILES string of the molecule is CCCCCCCCOP(=O)(CCCCCC)Oc1ccccc1. The molecule has 1 aromatic rings. The van der Waals surface area contributed by atoms with Crippen LogP contribution in [0.5, 0.6) is 5.75 Å². The molecule has 0 aliphatic heterocycles. The number of rotatable bonds is 15. The average molecular weight is 354 g/mol. The number of unbranched alkanes of at least 4 members (excludes halogenated alkanes) is 8. The Morgan fingerprint density at radius 2 is 1.38 bits per heavy atom. The molecule has 0 heterocycles. The van der Waals surface area contributed by atoms with E-state index in [4.69, 9.17) is 9.05 Å². The van der Waals surface area contributed by atoms with Gasteiger partial charge in [-0.2, -0.15) is 0 Å². The first-order valence-electron chi connectivity index (χ1n) is 9.68. The number of benzene rings is 1. The first-order valence-corrected chi connectivity index (χ1v) is 11.4. The summed E-state index contributed by atoms with van der Waals surface area (Å²) in [6, 6.07) is 9.39. The van der Waals surface area contributed by atoms with E-state index in [9.17, 15) is 4.57 Å². The van der Waals surface area contributed by atoms with Crippen LogP contribution in [0.15, 0.2) is 30.3 Å². The van der Waals surface area contributed by atoms with Gasteiger partial charge >= 0.3 is 7.60 Å². The molecule has 138 valence electrons. The molecular weight excluding hydrogens is 319 g/mol. The molecule has 0 amide bonds. The number of hydrogen-bond acceptors (Lipinski definition) is 3. The summed E-state index contributed by atoms with van der Waals surface area (Å²) in [6.07, 6.45) is 12.0. The smallest absolute Gasteiger partial charge is 0.379 e. The molecule has 0 radical (unpaired) electrons. The van der Waals surface area contributed by atoms with E-state index in [0.717, 1.165) is 25.7 Å². The summed E-state index contributed by atoms with van der Waals surface area (Å²) in [4.78, 5) is 0. The minimum Gasteiger partial charge on any atom is -0.424 e. The van der Waals surface area contributed by atoms with Crippen LogP contribution in [0.1, 0.15) is 78.1 Å². The molecule has 0 spiro atoms. The van der Waals surface area contributed by atoms with Gasteiger partial charge in [0.05, 0.1) is 12.8 Å². The monoisotopic (exact) mass is 354 g/mol. The van der Waals surface area contributed by atoms with Crippen molar-refractivity contribution in [2.75, 3.05) is 12.8 Å².